The minimum Gasteiger partial charge on any atom is -0.294 e. The zero-order chi connectivity index (χ0) is 18.8. The molecule has 0 spiro atoms. The largest absolute Gasteiger partial charge is 0.294 e. The Morgan fingerprint density at radius 3 is 2.07 bits per heavy atom. The highest BCUT2D eigenvalue weighted by Gasteiger charge is 2.22. The summed E-state index contributed by atoms with van der Waals surface area (Å²) < 4.78 is 1.97. The van der Waals surface area contributed by atoms with Gasteiger partial charge in [-0.05, 0) is 31.5 Å². The number of benzene rings is 3. The van der Waals surface area contributed by atoms with E-state index in [1.54, 1.807) is 6.92 Å². The van der Waals surface area contributed by atoms with E-state index in [1.807, 2.05) is 84.4 Å². The molecule has 0 radical (unpaired) electrons. The number of aromatic nitrogens is 2. The normalized spacial score (nSPS) is 10.7. The van der Waals surface area contributed by atoms with Crippen molar-refractivity contribution in [3.05, 3.63) is 96.2 Å². The minimum absolute atomic E-state index is 0.0523. The number of hydrogen-bond acceptors (Lipinski definition) is 2. The number of Topliss-reactive ketones (excluding diaryl/α,β-unsaturated/α-hetero) is 1. The van der Waals surface area contributed by atoms with Crippen LogP contribution >= 0.6 is 0 Å². The first kappa shape index (κ1) is 17.0. The maximum absolute atomic E-state index is 12.2. The summed E-state index contributed by atoms with van der Waals surface area (Å²) in [5.74, 6) is 0.0523. The molecule has 4 aromatic rings. The first-order valence-electron chi connectivity index (χ1n) is 8.97. The van der Waals surface area contributed by atoms with Crippen molar-refractivity contribution in [1.29, 1.82) is 0 Å². The van der Waals surface area contributed by atoms with Crippen LogP contribution in [0.3, 0.4) is 0 Å². The molecule has 0 fully saturated rings. The number of ketones is 1. The van der Waals surface area contributed by atoms with E-state index in [1.165, 1.54) is 0 Å². The van der Waals surface area contributed by atoms with Gasteiger partial charge < -0.3 is 0 Å². The molecule has 0 aliphatic carbocycles. The molecule has 0 unspecified atom stereocenters. The molecule has 27 heavy (non-hydrogen) atoms. The fourth-order valence-electron chi connectivity index (χ4n) is 3.48. The molecule has 0 saturated carbocycles. The number of aryl methyl sites for hydroxylation is 1. The second-order valence-electron chi connectivity index (χ2n) is 6.52. The van der Waals surface area contributed by atoms with Crippen LogP contribution < -0.4 is 0 Å². The van der Waals surface area contributed by atoms with Gasteiger partial charge >= 0.3 is 0 Å². The van der Waals surface area contributed by atoms with Gasteiger partial charge in [0.15, 0.2) is 5.78 Å². The van der Waals surface area contributed by atoms with Gasteiger partial charge in [-0.15, -0.1) is 0 Å². The van der Waals surface area contributed by atoms with Crippen LogP contribution in [0.1, 0.15) is 23.0 Å². The standard InChI is InChI=1S/C24H20N2O/c1-17-23(22-16-10-9-15-21(22)18(2)27)24(19-11-5-3-6-12-19)26(25-17)20-13-7-4-8-14-20/h3-16H,1-2H3. The molecule has 3 aromatic carbocycles. The lowest BCUT2D eigenvalue weighted by atomic mass is 9.93. The minimum atomic E-state index is 0.0523. The second-order valence-corrected chi connectivity index (χ2v) is 6.52. The van der Waals surface area contributed by atoms with Gasteiger partial charge in [-0.3, -0.25) is 4.79 Å². The van der Waals surface area contributed by atoms with E-state index in [-0.39, 0.29) is 5.78 Å². The summed E-state index contributed by atoms with van der Waals surface area (Å²) >= 11 is 0. The monoisotopic (exact) mass is 352 g/mol. The van der Waals surface area contributed by atoms with Crippen molar-refractivity contribution in [1.82, 2.24) is 9.78 Å². The van der Waals surface area contributed by atoms with Crippen LogP contribution in [0.25, 0.3) is 28.1 Å². The molecule has 0 bridgehead atoms. The molecule has 0 N–H and O–H groups in total. The van der Waals surface area contributed by atoms with Crippen molar-refractivity contribution >= 4 is 5.78 Å². The molecule has 3 nitrogen and oxygen atoms in total. The Morgan fingerprint density at radius 1 is 0.815 bits per heavy atom. The molecular weight excluding hydrogens is 332 g/mol. The molecular formula is C24H20N2O. The van der Waals surface area contributed by atoms with Crippen molar-refractivity contribution in [3.8, 4) is 28.1 Å². The Bertz CT molecular complexity index is 1100. The van der Waals surface area contributed by atoms with Gasteiger partial charge in [0.25, 0.3) is 0 Å². The smallest absolute Gasteiger partial charge is 0.160 e. The van der Waals surface area contributed by atoms with Crippen LogP contribution in [0.5, 0.6) is 0 Å². The Labute approximate surface area is 158 Å². The Balaban J connectivity index is 2.07. The van der Waals surface area contributed by atoms with E-state index in [0.717, 1.165) is 33.8 Å². The highest BCUT2D eigenvalue weighted by molar-refractivity contribution is 6.03. The number of carbonyl (C=O) groups is 1. The highest BCUT2D eigenvalue weighted by atomic mass is 16.1. The van der Waals surface area contributed by atoms with E-state index in [4.69, 9.17) is 5.10 Å². The quantitative estimate of drug-likeness (QED) is 0.440. The van der Waals surface area contributed by atoms with E-state index in [2.05, 4.69) is 12.1 Å². The summed E-state index contributed by atoms with van der Waals surface area (Å²) in [6, 6.07) is 28.0. The predicted octanol–water partition coefficient (Wildman–Crippen LogP) is 5.72. The van der Waals surface area contributed by atoms with Crippen molar-refractivity contribution in [2.75, 3.05) is 0 Å². The summed E-state index contributed by atoms with van der Waals surface area (Å²) in [5.41, 5.74) is 6.57. The molecule has 0 atom stereocenters. The highest BCUT2D eigenvalue weighted by Crippen LogP contribution is 2.38. The van der Waals surface area contributed by atoms with Crippen LogP contribution in [0.15, 0.2) is 84.9 Å². The third-order valence-corrected chi connectivity index (χ3v) is 4.68. The molecule has 0 aliphatic rings. The summed E-state index contributed by atoms with van der Waals surface area (Å²) in [5, 5.41) is 4.84. The lowest BCUT2D eigenvalue weighted by molar-refractivity contribution is 0.101. The zero-order valence-corrected chi connectivity index (χ0v) is 15.4. The SMILES string of the molecule is CC(=O)c1ccccc1-c1c(C)nn(-c2ccccc2)c1-c1ccccc1. The predicted molar refractivity (Wildman–Crippen MR) is 109 cm³/mol. The molecule has 0 aliphatic heterocycles. The third kappa shape index (κ3) is 3.08. The molecule has 0 amide bonds. The van der Waals surface area contributed by atoms with E-state index >= 15 is 0 Å². The molecule has 1 aromatic heterocycles. The van der Waals surface area contributed by atoms with Crippen molar-refractivity contribution in [2.45, 2.75) is 13.8 Å². The van der Waals surface area contributed by atoms with Gasteiger partial charge in [0.2, 0.25) is 0 Å². The van der Waals surface area contributed by atoms with Crippen LogP contribution in [-0.2, 0) is 0 Å². The van der Waals surface area contributed by atoms with Gasteiger partial charge in [0.1, 0.15) is 0 Å². The lowest BCUT2D eigenvalue weighted by Crippen LogP contribution is -2.00. The zero-order valence-electron chi connectivity index (χ0n) is 15.4. The van der Waals surface area contributed by atoms with Crippen molar-refractivity contribution in [3.63, 3.8) is 0 Å². The third-order valence-electron chi connectivity index (χ3n) is 4.68. The van der Waals surface area contributed by atoms with E-state index in [9.17, 15) is 4.79 Å². The van der Waals surface area contributed by atoms with Crippen LogP contribution in [-0.4, -0.2) is 15.6 Å². The van der Waals surface area contributed by atoms with Gasteiger partial charge in [-0.1, -0.05) is 72.8 Å². The average molecular weight is 352 g/mol. The number of hydrogen-bond donors (Lipinski definition) is 0. The molecule has 1 heterocycles. The molecule has 4 rings (SSSR count). The van der Waals surface area contributed by atoms with Crippen molar-refractivity contribution in [2.24, 2.45) is 0 Å². The Hall–Kier alpha value is -3.46. The number of rotatable bonds is 4. The van der Waals surface area contributed by atoms with Crippen molar-refractivity contribution < 1.29 is 4.79 Å². The summed E-state index contributed by atoms with van der Waals surface area (Å²) in [4.78, 5) is 12.2. The Kier molecular flexibility index (Phi) is 4.43. The summed E-state index contributed by atoms with van der Waals surface area (Å²) in [7, 11) is 0. The number of nitrogens with zero attached hydrogens (tertiary/aromatic N) is 2. The maximum atomic E-state index is 12.2. The van der Waals surface area contributed by atoms with Gasteiger partial charge in [0.05, 0.1) is 17.1 Å². The fraction of sp³-hybridized carbons (Fsp3) is 0.0833. The lowest BCUT2D eigenvalue weighted by Gasteiger charge is -2.12. The van der Waals surface area contributed by atoms with Crippen LogP contribution in [0, 0.1) is 6.92 Å². The summed E-state index contributed by atoms with van der Waals surface area (Å²) in [6.45, 7) is 3.61. The summed E-state index contributed by atoms with van der Waals surface area (Å²) in [6.07, 6.45) is 0. The molecule has 0 saturated heterocycles. The topological polar surface area (TPSA) is 34.9 Å². The average Bonchev–Trinajstić information content (AvgIpc) is 3.06. The van der Waals surface area contributed by atoms with E-state index in [0.29, 0.717) is 5.56 Å². The van der Waals surface area contributed by atoms with Gasteiger partial charge in [-0.2, -0.15) is 5.10 Å². The number of para-hydroxylation sites is 1. The first-order chi connectivity index (χ1) is 13.2. The Morgan fingerprint density at radius 2 is 1.41 bits per heavy atom. The first-order valence-corrected chi connectivity index (χ1v) is 8.97. The fourth-order valence-corrected chi connectivity index (χ4v) is 3.48. The van der Waals surface area contributed by atoms with Gasteiger partial charge in [0, 0.05) is 16.7 Å². The maximum Gasteiger partial charge on any atom is 0.160 e. The number of carbonyl (C=O) groups excluding carboxylic acids is 1. The van der Waals surface area contributed by atoms with Gasteiger partial charge in [-0.25, -0.2) is 4.68 Å². The van der Waals surface area contributed by atoms with E-state index < -0.39 is 0 Å². The van der Waals surface area contributed by atoms with Crippen LogP contribution in [0.4, 0.5) is 0 Å². The molecule has 3 heteroatoms. The van der Waals surface area contributed by atoms with Crippen LogP contribution in [0.2, 0.25) is 0 Å². The second kappa shape index (κ2) is 7.04. The molecule has 132 valence electrons.